The van der Waals surface area contributed by atoms with Crippen LogP contribution in [0, 0.1) is 15.9 Å². The molecule has 0 saturated heterocycles. The van der Waals surface area contributed by atoms with Gasteiger partial charge in [-0.3, -0.25) is 14.9 Å². The van der Waals surface area contributed by atoms with E-state index in [2.05, 4.69) is 5.32 Å². The van der Waals surface area contributed by atoms with Crippen LogP contribution in [0.2, 0.25) is 0 Å². The summed E-state index contributed by atoms with van der Waals surface area (Å²) in [7, 11) is 0. The fourth-order valence-electron chi connectivity index (χ4n) is 2.54. The minimum Gasteiger partial charge on any atom is -0.489 e. The van der Waals surface area contributed by atoms with Gasteiger partial charge >= 0.3 is 0 Å². The zero-order valence-electron chi connectivity index (χ0n) is 14.8. The lowest BCUT2D eigenvalue weighted by Crippen LogP contribution is -2.14. The molecule has 1 N–H and O–H groups in total. The molecule has 0 spiro atoms. The summed E-state index contributed by atoms with van der Waals surface area (Å²) in [5.41, 5.74) is 2.06. The number of carbonyl (C=O) groups is 1. The first-order valence-corrected chi connectivity index (χ1v) is 8.50. The molecule has 0 aliphatic rings. The molecule has 0 heterocycles. The molecule has 0 radical (unpaired) electrons. The zero-order valence-corrected chi connectivity index (χ0v) is 14.8. The summed E-state index contributed by atoms with van der Waals surface area (Å²) in [4.78, 5) is 22.4. The molecule has 142 valence electrons. The van der Waals surface area contributed by atoms with Crippen LogP contribution >= 0.6 is 0 Å². The average Bonchev–Trinajstić information content (AvgIpc) is 2.68. The number of halogens is 1. The molecule has 0 saturated carbocycles. The standard InChI is InChI=1S/C21H17FN2O4/c22-17-8-4-16(5-9-17)14-28-20-3-1-2-18(13-20)23-21(25)12-15-6-10-19(11-7-15)24(26)27/h1-11,13H,12,14H2,(H,23,25). The minimum atomic E-state index is -0.485. The molecule has 0 aliphatic carbocycles. The number of nitro groups is 1. The third-order valence-corrected chi connectivity index (χ3v) is 3.95. The van der Waals surface area contributed by atoms with Gasteiger partial charge in [0.05, 0.1) is 11.3 Å². The maximum Gasteiger partial charge on any atom is 0.269 e. The van der Waals surface area contributed by atoms with Crippen molar-refractivity contribution in [3.63, 3.8) is 0 Å². The van der Waals surface area contributed by atoms with Crippen molar-refractivity contribution in [3.05, 3.63) is 99.9 Å². The molecule has 6 nitrogen and oxygen atoms in total. The second-order valence-electron chi connectivity index (χ2n) is 6.09. The van der Waals surface area contributed by atoms with Gasteiger partial charge in [-0.05, 0) is 35.4 Å². The van der Waals surface area contributed by atoms with Crippen LogP contribution in [0.15, 0.2) is 72.8 Å². The molecule has 3 rings (SSSR count). The Bertz CT molecular complexity index is 972. The van der Waals surface area contributed by atoms with Crippen molar-refractivity contribution in [2.24, 2.45) is 0 Å². The van der Waals surface area contributed by atoms with E-state index < -0.39 is 4.92 Å². The van der Waals surface area contributed by atoms with Crippen molar-refractivity contribution >= 4 is 17.3 Å². The Kier molecular flexibility index (Phi) is 5.96. The van der Waals surface area contributed by atoms with Gasteiger partial charge < -0.3 is 10.1 Å². The van der Waals surface area contributed by atoms with Gasteiger partial charge in [-0.2, -0.15) is 0 Å². The summed E-state index contributed by atoms with van der Waals surface area (Å²) in [6.45, 7) is 0.278. The molecule has 0 unspecified atom stereocenters. The Morgan fingerprint density at radius 3 is 2.36 bits per heavy atom. The highest BCUT2D eigenvalue weighted by atomic mass is 19.1. The Morgan fingerprint density at radius 1 is 1.00 bits per heavy atom. The number of hydrogen-bond donors (Lipinski definition) is 1. The Balaban J connectivity index is 1.56. The minimum absolute atomic E-state index is 0.0184. The number of non-ortho nitro benzene ring substituents is 1. The topological polar surface area (TPSA) is 81.5 Å². The highest BCUT2D eigenvalue weighted by molar-refractivity contribution is 5.92. The van der Waals surface area contributed by atoms with Crippen LogP contribution in [0.5, 0.6) is 5.75 Å². The lowest BCUT2D eigenvalue weighted by Gasteiger charge is -2.09. The van der Waals surface area contributed by atoms with Gasteiger partial charge in [-0.25, -0.2) is 4.39 Å². The van der Waals surface area contributed by atoms with Crippen LogP contribution in [0.1, 0.15) is 11.1 Å². The Morgan fingerprint density at radius 2 is 1.68 bits per heavy atom. The van der Waals surface area contributed by atoms with E-state index >= 15 is 0 Å². The molecule has 0 fully saturated rings. The lowest BCUT2D eigenvalue weighted by atomic mass is 10.1. The molecule has 0 atom stereocenters. The van der Waals surface area contributed by atoms with Gasteiger partial charge in [0.15, 0.2) is 0 Å². The smallest absolute Gasteiger partial charge is 0.269 e. The normalized spacial score (nSPS) is 10.3. The number of amides is 1. The maximum atomic E-state index is 12.9. The fourth-order valence-corrected chi connectivity index (χ4v) is 2.54. The van der Waals surface area contributed by atoms with Crippen LogP contribution in [-0.2, 0) is 17.8 Å². The van der Waals surface area contributed by atoms with E-state index in [1.54, 1.807) is 48.5 Å². The van der Waals surface area contributed by atoms with E-state index in [1.165, 1.54) is 24.3 Å². The third kappa shape index (κ3) is 5.38. The van der Waals surface area contributed by atoms with Crippen molar-refractivity contribution in [1.29, 1.82) is 0 Å². The van der Waals surface area contributed by atoms with Crippen molar-refractivity contribution in [2.45, 2.75) is 13.0 Å². The van der Waals surface area contributed by atoms with Gasteiger partial charge in [0.1, 0.15) is 18.2 Å². The van der Waals surface area contributed by atoms with E-state index in [9.17, 15) is 19.3 Å². The molecule has 3 aromatic carbocycles. The van der Waals surface area contributed by atoms with E-state index in [0.717, 1.165) is 5.56 Å². The van der Waals surface area contributed by atoms with Crippen molar-refractivity contribution < 1.29 is 18.8 Å². The molecule has 0 aromatic heterocycles. The number of hydrogen-bond acceptors (Lipinski definition) is 4. The van der Waals surface area contributed by atoms with Crippen molar-refractivity contribution in [2.75, 3.05) is 5.32 Å². The van der Waals surface area contributed by atoms with Gasteiger partial charge in [-0.1, -0.05) is 30.3 Å². The zero-order chi connectivity index (χ0) is 19.9. The van der Waals surface area contributed by atoms with Crippen LogP contribution in [0.4, 0.5) is 15.8 Å². The monoisotopic (exact) mass is 380 g/mol. The number of nitro benzene ring substituents is 1. The van der Waals surface area contributed by atoms with E-state index in [-0.39, 0.29) is 30.4 Å². The quantitative estimate of drug-likeness (QED) is 0.483. The number of nitrogens with zero attached hydrogens (tertiary/aromatic N) is 1. The SMILES string of the molecule is O=C(Cc1ccc([N+](=O)[O-])cc1)Nc1cccc(OCc2ccc(F)cc2)c1. The Labute approximate surface area is 160 Å². The second kappa shape index (κ2) is 8.77. The number of carbonyl (C=O) groups excluding carboxylic acids is 1. The van der Waals surface area contributed by atoms with Gasteiger partial charge in [0.2, 0.25) is 5.91 Å². The fraction of sp³-hybridized carbons (Fsp3) is 0.0952. The molecule has 0 aliphatic heterocycles. The van der Waals surface area contributed by atoms with Gasteiger partial charge in [-0.15, -0.1) is 0 Å². The number of anilines is 1. The summed E-state index contributed by atoms with van der Waals surface area (Å²) >= 11 is 0. The predicted molar refractivity (Wildman–Crippen MR) is 103 cm³/mol. The van der Waals surface area contributed by atoms with E-state index in [0.29, 0.717) is 17.0 Å². The van der Waals surface area contributed by atoms with Crippen LogP contribution in [0.25, 0.3) is 0 Å². The number of rotatable bonds is 7. The number of benzene rings is 3. The molecular weight excluding hydrogens is 363 g/mol. The van der Waals surface area contributed by atoms with Gasteiger partial charge in [0, 0.05) is 23.9 Å². The highest BCUT2D eigenvalue weighted by Gasteiger charge is 2.08. The molecule has 1 amide bonds. The first-order valence-electron chi connectivity index (χ1n) is 8.50. The van der Waals surface area contributed by atoms with Gasteiger partial charge in [0.25, 0.3) is 5.69 Å². The average molecular weight is 380 g/mol. The summed E-state index contributed by atoms with van der Waals surface area (Å²) in [6, 6.07) is 18.8. The van der Waals surface area contributed by atoms with E-state index in [1.807, 2.05) is 0 Å². The summed E-state index contributed by atoms with van der Waals surface area (Å²) in [5.74, 6) is 0.0171. The second-order valence-corrected chi connectivity index (χ2v) is 6.09. The van der Waals surface area contributed by atoms with Crippen molar-refractivity contribution in [3.8, 4) is 5.75 Å². The maximum absolute atomic E-state index is 12.9. The number of ether oxygens (including phenoxy) is 1. The van der Waals surface area contributed by atoms with Crippen LogP contribution in [-0.4, -0.2) is 10.8 Å². The molecule has 28 heavy (non-hydrogen) atoms. The first kappa shape index (κ1) is 19.0. The highest BCUT2D eigenvalue weighted by Crippen LogP contribution is 2.19. The molecular formula is C21H17FN2O4. The van der Waals surface area contributed by atoms with Crippen LogP contribution in [0.3, 0.4) is 0 Å². The molecule has 7 heteroatoms. The predicted octanol–water partition coefficient (Wildman–Crippen LogP) is 4.49. The summed E-state index contributed by atoms with van der Waals surface area (Å²) in [6.07, 6.45) is 0.0959. The summed E-state index contributed by atoms with van der Waals surface area (Å²) < 4.78 is 18.6. The largest absolute Gasteiger partial charge is 0.489 e. The molecule has 0 bridgehead atoms. The number of nitrogens with one attached hydrogen (secondary N) is 1. The Hall–Kier alpha value is -3.74. The third-order valence-electron chi connectivity index (χ3n) is 3.95. The van der Waals surface area contributed by atoms with E-state index in [4.69, 9.17) is 4.74 Å². The van der Waals surface area contributed by atoms with Crippen molar-refractivity contribution in [1.82, 2.24) is 0 Å². The summed E-state index contributed by atoms with van der Waals surface area (Å²) in [5, 5.41) is 13.4. The lowest BCUT2D eigenvalue weighted by molar-refractivity contribution is -0.384. The molecule has 3 aromatic rings. The van der Waals surface area contributed by atoms with Crippen LogP contribution < -0.4 is 10.1 Å². The first-order chi connectivity index (χ1) is 13.5.